The van der Waals surface area contributed by atoms with Crippen LogP contribution in [-0.2, 0) is 4.79 Å². The van der Waals surface area contributed by atoms with E-state index in [4.69, 9.17) is 10.8 Å². The summed E-state index contributed by atoms with van der Waals surface area (Å²) in [6.07, 6.45) is 6.76. The van der Waals surface area contributed by atoms with Crippen LogP contribution in [0.25, 0.3) is 0 Å². The molecule has 2 rings (SSSR count). The Balaban J connectivity index is 2.19. The Kier molecular flexibility index (Phi) is 2.11. The van der Waals surface area contributed by atoms with Crippen molar-refractivity contribution in [2.45, 2.75) is 51.5 Å². The Morgan fingerprint density at radius 2 is 2.00 bits per heavy atom. The third kappa shape index (κ3) is 1.05. The second-order valence-electron chi connectivity index (χ2n) is 4.96. The number of carbonyl (C=O) groups is 1. The van der Waals surface area contributed by atoms with Gasteiger partial charge in [0.1, 0.15) is 6.04 Å². The fourth-order valence-electron chi connectivity index (χ4n) is 3.35. The van der Waals surface area contributed by atoms with Crippen molar-refractivity contribution in [2.75, 3.05) is 0 Å². The molecular weight excluding hydrogens is 178 g/mol. The highest BCUT2D eigenvalue weighted by molar-refractivity contribution is 5.75. The first-order valence-electron chi connectivity index (χ1n) is 5.56. The molecule has 1 atom stereocenters. The van der Waals surface area contributed by atoms with Gasteiger partial charge < -0.3 is 10.8 Å². The summed E-state index contributed by atoms with van der Waals surface area (Å²) < 4.78 is 0. The molecule has 0 saturated heterocycles. The van der Waals surface area contributed by atoms with Gasteiger partial charge in [0.2, 0.25) is 0 Å². The standard InChI is InChI=1S/C11H19NO2/c1-2-10(4-3-5-10)11(6-7-11)8(12)9(13)14/h8H,2-7,12H2,1H3,(H,13,14). The van der Waals surface area contributed by atoms with E-state index in [0.717, 1.165) is 19.3 Å². The fourth-order valence-corrected chi connectivity index (χ4v) is 3.35. The Labute approximate surface area is 84.7 Å². The maximum Gasteiger partial charge on any atom is 0.321 e. The summed E-state index contributed by atoms with van der Waals surface area (Å²) in [4.78, 5) is 11.0. The van der Waals surface area contributed by atoms with Crippen LogP contribution >= 0.6 is 0 Å². The minimum Gasteiger partial charge on any atom is -0.480 e. The van der Waals surface area contributed by atoms with E-state index in [1.807, 2.05) is 0 Å². The normalized spacial score (nSPS) is 29.0. The first-order valence-corrected chi connectivity index (χ1v) is 5.56. The van der Waals surface area contributed by atoms with Gasteiger partial charge in [-0.05, 0) is 37.5 Å². The molecule has 3 heteroatoms. The van der Waals surface area contributed by atoms with Crippen LogP contribution < -0.4 is 5.73 Å². The molecule has 1 unspecified atom stereocenters. The van der Waals surface area contributed by atoms with Gasteiger partial charge in [-0.2, -0.15) is 0 Å². The molecule has 80 valence electrons. The summed E-state index contributed by atoms with van der Waals surface area (Å²) in [5.74, 6) is -0.817. The molecular formula is C11H19NO2. The lowest BCUT2D eigenvalue weighted by Crippen LogP contribution is -2.51. The minimum absolute atomic E-state index is 0.0498. The number of nitrogens with two attached hydrogens (primary N) is 1. The van der Waals surface area contributed by atoms with Crippen molar-refractivity contribution in [3.8, 4) is 0 Å². The van der Waals surface area contributed by atoms with Gasteiger partial charge in [-0.3, -0.25) is 4.79 Å². The van der Waals surface area contributed by atoms with E-state index in [2.05, 4.69) is 6.92 Å². The van der Waals surface area contributed by atoms with Gasteiger partial charge in [-0.1, -0.05) is 13.3 Å². The van der Waals surface area contributed by atoms with Crippen LogP contribution in [0.15, 0.2) is 0 Å². The van der Waals surface area contributed by atoms with E-state index in [-0.39, 0.29) is 10.8 Å². The van der Waals surface area contributed by atoms with Gasteiger partial charge in [0.05, 0.1) is 0 Å². The van der Waals surface area contributed by atoms with Crippen molar-refractivity contribution in [2.24, 2.45) is 16.6 Å². The molecule has 2 saturated carbocycles. The minimum atomic E-state index is -0.817. The third-order valence-electron chi connectivity index (χ3n) is 4.69. The van der Waals surface area contributed by atoms with Gasteiger partial charge >= 0.3 is 5.97 Å². The van der Waals surface area contributed by atoms with Crippen LogP contribution in [0.3, 0.4) is 0 Å². The summed E-state index contributed by atoms with van der Waals surface area (Å²) in [5, 5.41) is 9.01. The van der Waals surface area contributed by atoms with E-state index < -0.39 is 12.0 Å². The summed E-state index contributed by atoms with van der Waals surface area (Å²) in [6.45, 7) is 2.17. The number of hydrogen-bond donors (Lipinski definition) is 2. The lowest BCUT2D eigenvalue weighted by Gasteiger charge is -2.50. The number of aliphatic carboxylic acids is 1. The summed E-state index contributed by atoms with van der Waals surface area (Å²) in [5.41, 5.74) is 6.05. The molecule has 0 aliphatic heterocycles. The van der Waals surface area contributed by atoms with Crippen LogP contribution in [0.2, 0.25) is 0 Å². The molecule has 3 nitrogen and oxygen atoms in total. The molecule has 0 spiro atoms. The number of rotatable bonds is 4. The smallest absolute Gasteiger partial charge is 0.321 e. The number of hydrogen-bond acceptors (Lipinski definition) is 2. The van der Waals surface area contributed by atoms with Crippen LogP contribution in [0.1, 0.15) is 45.4 Å². The topological polar surface area (TPSA) is 63.3 Å². The first kappa shape index (κ1) is 9.97. The van der Waals surface area contributed by atoms with Crippen LogP contribution in [0.5, 0.6) is 0 Å². The molecule has 0 aromatic carbocycles. The highest BCUT2D eigenvalue weighted by Crippen LogP contribution is 2.69. The van der Waals surface area contributed by atoms with Crippen molar-refractivity contribution in [3.05, 3.63) is 0 Å². The molecule has 0 aromatic rings. The first-order chi connectivity index (χ1) is 6.58. The molecule has 14 heavy (non-hydrogen) atoms. The SMILES string of the molecule is CCC1(C2(C(N)C(=O)O)CC2)CCC1. The Morgan fingerprint density at radius 3 is 2.21 bits per heavy atom. The zero-order valence-corrected chi connectivity index (χ0v) is 8.75. The second-order valence-corrected chi connectivity index (χ2v) is 4.96. The zero-order chi connectivity index (χ0) is 10.4. The quantitative estimate of drug-likeness (QED) is 0.721. The van der Waals surface area contributed by atoms with E-state index in [1.165, 1.54) is 19.3 Å². The molecule has 2 fully saturated rings. The average Bonchev–Trinajstić information content (AvgIpc) is 2.83. The van der Waals surface area contributed by atoms with Gasteiger partial charge in [-0.25, -0.2) is 0 Å². The van der Waals surface area contributed by atoms with E-state index in [1.54, 1.807) is 0 Å². The zero-order valence-electron chi connectivity index (χ0n) is 8.75. The van der Waals surface area contributed by atoms with Crippen molar-refractivity contribution in [1.82, 2.24) is 0 Å². The Hall–Kier alpha value is -0.570. The molecule has 0 aromatic heterocycles. The molecule has 0 bridgehead atoms. The number of carboxylic acids is 1. The van der Waals surface area contributed by atoms with E-state index >= 15 is 0 Å². The van der Waals surface area contributed by atoms with Crippen molar-refractivity contribution in [3.63, 3.8) is 0 Å². The van der Waals surface area contributed by atoms with Gasteiger partial charge in [0, 0.05) is 5.41 Å². The second kappa shape index (κ2) is 2.96. The monoisotopic (exact) mass is 197 g/mol. The van der Waals surface area contributed by atoms with Crippen molar-refractivity contribution < 1.29 is 9.90 Å². The largest absolute Gasteiger partial charge is 0.480 e. The Bertz CT molecular complexity index is 249. The molecule has 0 amide bonds. The maximum absolute atomic E-state index is 11.0. The van der Waals surface area contributed by atoms with Crippen LogP contribution in [0, 0.1) is 10.8 Å². The van der Waals surface area contributed by atoms with Crippen LogP contribution in [-0.4, -0.2) is 17.1 Å². The van der Waals surface area contributed by atoms with E-state index in [9.17, 15) is 4.79 Å². The summed E-state index contributed by atoms with van der Waals surface area (Å²) >= 11 is 0. The summed E-state index contributed by atoms with van der Waals surface area (Å²) in [6, 6.07) is -0.636. The molecule has 2 aliphatic rings. The highest BCUT2D eigenvalue weighted by Gasteiger charge is 2.64. The molecule has 0 radical (unpaired) electrons. The lowest BCUT2D eigenvalue weighted by molar-refractivity contribution is -0.143. The highest BCUT2D eigenvalue weighted by atomic mass is 16.4. The maximum atomic E-state index is 11.0. The fraction of sp³-hybridized carbons (Fsp3) is 0.909. The predicted octanol–water partition coefficient (Wildman–Crippen LogP) is 1.76. The Morgan fingerprint density at radius 1 is 1.43 bits per heavy atom. The van der Waals surface area contributed by atoms with Gasteiger partial charge in [0.25, 0.3) is 0 Å². The van der Waals surface area contributed by atoms with Crippen molar-refractivity contribution >= 4 is 5.97 Å². The predicted molar refractivity (Wildman–Crippen MR) is 53.9 cm³/mol. The summed E-state index contributed by atoms with van der Waals surface area (Å²) in [7, 11) is 0. The van der Waals surface area contributed by atoms with Crippen molar-refractivity contribution in [1.29, 1.82) is 0 Å². The molecule has 2 aliphatic carbocycles. The number of carboxylic acid groups (broad SMARTS) is 1. The van der Waals surface area contributed by atoms with E-state index in [0.29, 0.717) is 0 Å². The molecule has 3 N–H and O–H groups in total. The lowest BCUT2D eigenvalue weighted by atomic mass is 9.55. The molecule has 0 heterocycles. The van der Waals surface area contributed by atoms with Gasteiger partial charge in [0.15, 0.2) is 0 Å². The van der Waals surface area contributed by atoms with Gasteiger partial charge in [-0.15, -0.1) is 0 Å². The average molecular weight is 197 g/mol. The van der Waals surface area contributed by atoms with Crippen LogP contribution in [0.4, 0.5) is 0 Å². The third-order valence-corrected chi connectivity index (χ3v) is 4.69.